The molecule has 0 spiro atoms. The topological polar surface area (TPSA) is 67.6 Å². The molecule has 0 bridgehead atoms. The van der Waals surface area contributed by atoms with Gasteiger partial charge in [-0.05, 0) is 24.6 Å². The molecule has 0 saturated heterocycles. The Balaban J connectivity index is 2.72. The van der Waals surface area contributed by atoms with Gasteiger partial charge in [0.05, 0.1) is 0 Å². The first-order chi connectivity index (χ1) is 6.08. The van der Waals surface area contributed by atoms with Crippen LogP contribution in [0.4, 0.5) is 5.95 Å². The lowest BCUT2D eigenvalue weighted by atomic mass is 10.1. The Morgan fingerprint density at radius 3 is 2.69 bits per heavy atom. The highest BCUT2D eigenvalue weighted by Crippen LogP contribution is 2.05. The summed E-state index contributed by atoms with van der Waals surface area (Å²) in [6.45, 7) is 4.33. The van der Waals surface area contributed by atoms with Crippen LogP contribution in [0.5, 0.6) is 0 Å². The lowest BCUT2D eigenvalue weighted by Crippen LogP contribution is -2.04. The summed E-state index contributed by atoms with van der Waals surface area (Å²) < 4.78 is 0.315. The van der Waals surface area contributed by atoms with Gasteiger partial charge in [-0.25, -0.2) is 4.98 Å². The van der Waals surface area contributed by atoms with Crippen LogP contribution < -0.4 is 5.73 Å². The second-order valence-electron chi connectivity index (χ2n) is 3.40. The molecule has 0 radical (unpaired) electrons. The van der Waals surface area contributed by atoms with Crippen LogP contribution in [-0.4, -0.2) is 15.0 Å². The Morgan fingerprint density at radius 2 is 2.15 bits per heavy atom. The smallest absolute Gasteiger partial charge is 0.224 e. The molecular formula is C8H14N4S. The van der Waals surface area contributed by atoms with Crippen LogP contribution in [0.2, 0.25) is 0 Å². The van der Waals surface area contributed by atoms with Gasteiger partial charge in [-0.2, -0.15) is 4.98 Å². The summed E-state index contributed by atoms with van der Waals surface area (Å²) in [5.41, 5.74) is 5.49. The van der Waals surface area contributed by atoms with Crippen molar-refractivity contribution in [1.82, 2.24) is 15.0 Å². The summed E-state index contributed by atoms with van der Waals surface area (Å²) in [6.07, 6.45) is 1.94. The lowest BCUT2D eigenvalue weighted by molar-refractivity contribution is 0.573. The summed E-state index contributed by atoms with van der Waals surface area (Å²) >= 11 is 4.84. The molecule has 72 valence electrons. The van der Waals surface area contributed by atoms with Gasteiger partial charge in [0.1, 0.15) is 5.82 Å². The van der Waals surface area contributed by atoms with Crippen molar-refractivity contribution in [2.75, 3.05) is 5.73 Å². The maximum Gasteiger partial charge on any atom is 0.224 e. The molecule has 0 saturated carbocycles. The van der Waals surface area contributed by atoms with Crippen molar-refractivity contribution in [2.45, 2.75) is 26.7 Å². The molecule has 0 aromatic carbocycles. The molecular weight excluding hydrogens is 184 g/mol. The van der Waals surface area contributed by atoms with E-state index in [4.69, 9.17) is 18.0 Å². The van der Waals surface area contributed by atoms with Crippen LogP contribution in [0.15, 0.2) is 0 Å². The third-order valence-corrected chi connectivity index (χ3v) is 1.86. The van der Waals surface area contributed by atoms with Gasteiger partial charge in [0.2, 0.25) is 10.7 Å². The average Bonchev–Trinajstić information content (AvgIpc) is 1.99. The van der Waals surface area contributed by atoms with E-state index in [1.807, 2.05) is 0 Å². The molecule has 0 atom stereocenters. The number of anilines is 1. The first-order valence-corrected chi connectivity index (χ1v) is 4.71. The molecule has 5 heteroatoms. The average molecular weight is 198 g/mol. The number of aromatic nitrogens is 3. The molecule has 0 fully saturated rings. The number of aryl methyl sites for hydroxylation is 1. The third-order valence-electron chi connectivity index (χ3n) is 1.68. The highest BCUT2D eigenvalue weighted by molar-refractivity contribution is 7.71. The molecule has 1 aromatic heterocycles. The van der Waals surface area contributed by atoms with Crippen molar-refractivity contribution >= 4 is 18.2 Å². The van der Waals surface area contributed by atoms with Gasteiger partial charge in [-0.15, -0.1) is 0 Å². The number of hydrogen-bond donors (Lipinski definition) is 2. The monoisotopic (exact) mass is 198 g/mol. The molecule has 1 rings (SSSR count). The van der Waals surface area contributed by atoms with Crippen LogP contribution in [0.3, 0.4) is 0 Å². The first kappa shape index (κ1) is 10.1. The van der Waals surface area contributed by atoms with E-state index in [-0.39, 0.29) is 0 Å². The number of nitrogens with zero attached hydrogens (tertiary/aromatic N) is 2. The zero-order chi connectivity index (χ0) is 9.84. The van der Waals surface area contributed by atoms with E-state index in [1.54, 1.807) is 0 Å². The van der Waals surface area contributed by atoms with Gasteiger partial charge < -0.3 is 10.7 Å². The summed E-state index contributed by atoms with van der Waals surface area (Å²) in [5, 5.41) is 0. The van der Waals surface area contributed by atoms with Crippen molar-refractivity contribution in [1.29, 1.82) is 0 Å². The molecule has 4 nitrogen and oxygen atoms in total. The van der Waals surface area contributed by atoms with Crippen molar-refractivity contribution in [2.24, 2.45) is 5.92 Å². The van der Waals surface area contributed by atoms with Crippen LogP contribution in [0, 0.1) is 10.7 Å². The van der Waals surface area contributed by atoms with E-state index in [9.17, 15) is 0 Å². The van der Waals surface area contributed by atoms with Gasteiger partial charge in [-0.1, -0.05) is 13.8 Å². The minimum absolute atomic E-state index is 0.315. The number of rotatable bonds is 3. The summed E-state index contributed by atoms with van der Waals surface area (Å²) in [6, 6.07) is 0. The maximum atomic E-state index is 5.49. The van der Waals surface area contributed by atoms with Gasteiger partial charge in [0, 0.05) is 6.42 Å². The molecule has 13 heavy (non-hydrogen) atoms. The van der Waals surface area contributed by atoms with Crippen LogP contribution in [-0.2, 0) is 6.42 Å². The summed E-state index contributed by atoms with van der Waals surface area (Å²) in [5.74, 6) is 1.82. The molecule has 0 aliphatic rings. The van der Waals surface area contributed by atoms with Crippen LogP contribution >= 0.6 is 12.2 Å². The van der Waals surface area contributed by atoms with Crippen LogP contribution in [0.1, 0.15) is 26.1 Å². The van der Waals surface area contributed by atoms with Crippen molar-refractivity contribution in [3.63, 3.8) is 0 Å². The number of nitrogens with one attached hydrogen (secondary N) is 1. The van der Waals surface area contributed by atoms with E-state index in [1.165, 1.54) is 0 Å². The number of nitrogen functional groups attached to an aromatic ring is 1. The predicted octanol–water partition coefficient (Wildman–Crippen LogP) is 1.70. The number of aromatic amines is 1. The molecule has 0 unspecified atom stereocenters. The Morgan fingerprint density at radius 1 is 1.46 bits per heavy atom. The van der Waals surface area contributed by atoms with E-state index in [0.717, 1.165) is 18.7 Å². The zero-order valence-corrected chi connectivity index (χ0v) is 8.69. The quantitative estimate of drug-likeness (QED) is 0.725. The zero-order valence-electron chi connectivity index (χ0n) is 7.87. The Kier molecular flexibility index (Phi) is 3.36. The van der Waals surface area contributed by atoms with Gasteiger partial charge in [0.15, 0.2) is 0 Å². The summed E-state index contributed by atoms with van der Waals surface area (Å²) in [7, 11) is 0. The molecule has 1 heterocycles. The second kappa shape index (κ2) is 4.32. The van der Waals surface area contributed by atoms with Gasteiger partial charge >= 0.3 is 0 Å². The van der Waals surface area contributed by atoms with E-state index >= 15 is 0 Å². The third kappa shape index (κ3) is 3.50. The molecule has 3 N–H and O–H groups in total. The first-order valence-electron chi connectivity index (χ1n) is 4.30. The van der Waals surface area contributed by atoms with E-state index in [0.29, 0.717) is 16.6 Å². The van der Waals surface area contributed by atoms with Gasteiger partial charge in [0.25, 0.3) is 0 Å². The van der Waals surface area contributed by atoms with Crippen molar-refractivity contribution in [3.05, 3.63) is 10.6 Å². The Bertz CT molecular complexity index is 331. The molecule has 1 aromatic rings. The molecule has 0 amide bonds. The fraction of sp³-hybridized carbons (Fsp3) is 0.625. The fourth-order valence-corrected chi connectivity index (χ4v) is 1.20. The van der Waals surface area contributed by atoms with Crippen molar-refractivity contribution in [3.8, 4) is 0 Å². The normalized spacial score (nSPS) is 10.7. The Labute approximate surface area is 82.6 Å². The SMILES string of the molecule is CC(C)CCc1nc(=S)nc(N)[nH]1. The lowest BCUT2D eigenvalue weighted by Gasteiger charge is -2.04. The molecule has 0 aliphatic carbocycles. The van der Waals surface area contributed by atoms with E-state index < -0.39 is 0 Å². The minimum atomic E-state index is 0.315. The maximum absolute atomic E-state index is 5.49. The number of hydrogen-bond acceptors (Lipinski definition) is 4. The minimum Gasteiger partial charge on any atom is -0.369 e. The fourth-order valence-electron chi connectivity index (χ4n) is 0.991. The Hall–Kier alpha value is -0.970. The van der Waals surface area contributed by atoms with Gasteiger partial charge in [-0.3, -0.25) is 0 Å². The second-order valence-corrected chi connectivity index (χ2v) is 3.76. The molecule has 0 aliphatic heterocycles. The summed E-state index contributed by atoms with van der Waals surface area (Å²) in [4.78, 5) is 10.8. The highest BCUT2D eigenvalue weighted by Gasteiger charge is 1.99. The van der Waals surface area contributed by atoms with Crippen LogP contribution in [0.25, 0.3) is 0 Å². The standard InChI is InChI=1S/C8H14N4S/c1-5(2)3-4-6-10-7(9)12-8(13)11-6/h5H,3-4H2,1-2H3,(H3,9,10,11,12,13). The van der Waals surface area contributed by atoms with E-state index in [2.05, 4.69) is 28.8 Å². The number of H-pyrrole nitrogens is 1. The number of nitrogens with two attached hydrogens (primary N) is 1. The largest absolute Gasteiger partial charge is 0.369 e. The van der Waals surface area contributed by atoms with Crippen molar-refractivity contribution < 1.29 is 0 Å². The highest BCUT2D eigenvalue weighted by atomic mass is 32.1. The predicted molar refractivity (Wildman–Crippen MR) is 54.8 cm³/mol.